The van der Waals surface area contributed by atoms with Gasteiger partial charge in [-0.15, -0.1) is 0 Å². The van der Waals surface area contributed by atoms with Crippen LogP contribution in [0.15, 0.2) is 127 Å². The normalized spacial score (nSPS) is 15.6. The van der Waals surface area contributed by atoms with Crippen molar-refractivity contribution in [1.29, 1.82) is 0 Å². The van der Waals surface area contributed by atoms with Crippen LogP contribution in [0.5, 0.6) is 46.0 Å². The molecule has 9 aromatic carbocycles. The number of phenols is 1. The molecule has 1 N–H and O–H groups in total. The lowest BCUT2D eigenvalue weighted by molar-refractivity contribution is 0.0269. The lowest BCUT2D eigenvalue weighted by atomic mass is 9.79. The smallest absolute Gasteiger partial charge is 0.126 e. The molecule has 0 spiro atoms. The predicted octanol–water partition coefficient (Wildman–Crippen LogP) is 25.6. The molecule has 125 heavy (non-hydrogen) atoms. The summed E-state index contributed by atoms with van der Waals surface area (Å²) in [5, 5.41) is 13.2. The van der Waals surface area contributed by atoms with Crippen molar-refractivity contribution in [3.05, 3.63) is 266 Å². The minimum Gasteiger partial charge on any atom is -0.507 e. The molecule has 0 atom stereocenters. The Balaban J connectivity index is 1.00. The zero-order valence-corrected chi connectivity index (χ0v) is 81.2. The quantitative estimate of drug-likeness (QED) is 0.138. The van der Waals surface area contributed by atoms with Gasteiger partial charge in [-0.3, -0.25) is 0 Å². The largest absolute Gasteiger partial charge is 0.507 e. The second-order valence-corrected chi connectivity index (χ2v) is 43.7. The van der Waals surface area contributed by atoms with E-state index in [-0.39, 0.29) is 62.3 Å². The van der Waals surface area contributed by atoms with Gasteiger partial charge < -0.3 is 57.2 Å². The highest BCUT2D eigenvalue weighted by Crippen LogP contribution is 2.49. The average Bonchev–Trinajstić information content (AvgIpc) is 0.759. The molecule has 20 bridgehead atoms. The van der Waals surface area contributed by atoms with E-state index in [0.717, 1.165) is 159 Å². The minimum absolute atomic E-state index is 0.214. The number of aromatic hydroxyl groups is 1. The van der Waals surface area contributed by atoms with Crippen LogP contribution >= 0.6 is 0 Å². The first-order chi connectivity index (χ1) is 58.8. The maximum absolute atomic E-state index is 13.2. The fourth-order valence-electron chi connectivity index (χ4n) is 17.1. The van der Waals surface area contributed by atoms with Crippen molar-refractivity contribution in [3.8, 4) is 46.0 Å². The van der Waals surface area contributed by atoms with Crippen LogP contribution in [-0.2, 0) is 120 Å². The van der Waals surface area contributed by atoms with Crippen molar-refractivity contribution in [2.24, 2.45) is 0 Å². The molecule has 0 radical (unpaired) electrons. The van der Waals surface area contributed by atoms with Gasteiger partial charge in [-0.25, -0.2) is 0 Å². The molecule has 0 saturated heterocycles. The van der Waals surface area contributed by atoms with Crippen molar-refractivity contribution in [3.63, 3.8) is 0 Å². The molecule has 0 saturated carbocycles. The summed E-state index contributed by atoms with van der Waals surface area (Å²) in [7, 11) is 0. The van der Waals surface area contributed by atoms with Gasteiger partial charge in [0.25, 0.3) is 0 Å². The Morgan fingerprint density at radius 2 is 0.424 bits per heavy atom. The van der Waals surface area contributed by atoms with Gasteiger partial charge in [-0.05, 0) is 195 Å². The third-order valence-electron chi connectivity index (χ3n) is 24.7. The third kappa shape index (κ3) is 24.4. The van der Waals surface area contributed by atoms with E-state index in [9.17, 15) is 5.11 Å². The molecule has 674 valence electrons. The highest BCUT2D eigenvalue weighted by atomic mass is 16.6. The van der Waals surface area contributed by atoms with Gasteiger partial charge in [0.1, 0.15) is 79.0 Å². The Bertz CT molecular complexity index is 4970. The van der Waals surface area contributed by atoms with E-state index in [4.69, 9.17) is 52.1 Å². The molecule has 13 rings (SSSR count). The number of phenolic OH excluding ortho intramolecular Hbond substituents is 1. The van der Waals surface area contributed by atoms with Gasteiger partial charge in [0.2, 0.25) is 0 Å². The topological polar surface area (TPSA) is 122 Å². The zero-order chi connectivity index (χ0) is 90.4. The molecule has 9 aromatic rings. The van der Waals surface area contributed by atoms with Crippen LogP contribution in [0.4, 0.5) is 0 Å². The number of rotatable bonds is 9. The van der Waals surface area contributed by atoms with Crippen LogP contribution in [0.3, 0.4) is 0 Å². The molecule has 4 aliphatic rings. The highest BCUT2D eigenvalue weighted by Gasteiger charge is 2.34. The molecule has 2 heterocycles. The van der Waals surface area contributed by atoms with E-state index in [1.54, 1.807) is 0 Å². The molecule has 2 aliphatic carbocycles. The molecule has 0 unspecified atom stereocenters. The van der Waals surface area contributed by atoms with Crippen LogP contribution in [0, 0.1) is 0 Å². The molecule has 12 nitrogen and oxygen atoms in total. The summed E-state index contributed by atoms with van der Waals surface area (Å²) < 4.78 is 77.6. The van der Waals surface area contributed by atoms with E-state index in [0.29, 0.717) is 137 Å². The van der Waals surface area contributed by atoms with Crippen molar-refractivity contribution >= 4 is 0 Å². The Morgan fingerprint density at radius 3 is 0.648 bits per heavy atom. The van der Waals surface area contributed by atoms with Gasteiger partial charge in [-0.2, -0.15) is 0 Å². The number of benzene rings is 9. The van der Waals surface area contributed by atoms with Gasteiger partial charge in [0.05, 0.1) is 66.1 Å². The molecule has 0 amide bonds. The van der Waals surface area contributed by atoms with Crippen LogP contribution in [0.25, 0.3) is 0 Å². The summed E-state index contributed by atoms with van der Waals surface area (Å²) in [4.78, 5) is 0. The van der Waals surface area contributed by atoms with E-state index in [1.165, 1.54) is 33.4 Å². The first-order valence-corrected chi connectivity index (χ1v) is 46.6. The summed E-state index contributed by atoms with van der Waals surface area (Å²) >= 11 is 0. The second kappa shape index (κ2) is 39.4. The van der Waals surface area contributed by atoms with Gasteiger partial charge in [-0.1, -0.05) is 307 Å². The van der Waals surface area contributed by atoms with Gasteiger partial charge in [0, 0.05) is 51.4 Å². The van der Waals surface area contributed by atoms with Crippen LogP contribution in [-0.4, -0.2) is 97.6 Å². The number of hydrogen-bond donors (Lipinski definition) is 1. The molecular formula is C113H150O12. The van der Waals surface area contributed by atoms with Crippen molar-refractivity contribution in [2.75, 3.05) is 92.5 Å². The van der Waals surface area contributed by atoms with Crippen molar-refractivity contribution in [1.82, 2.24) is 0 Å². The van der Waals surface area contributed by atoms with E-state index >= 15 is 0 Å². The number of ether oxygens (including phenoxy) is 11. The van der Waals surface area contributed by atoms with Crippen LogP contribution in [0.2, 0.25) is 0 Å². The van der Waals surface area contributed by atoms with Crippen LogP contribution in [0.1, 0.15) is 332 Å². The lowest BCUT2D eigenvalue weighted by Gasteiger charge is -2.29. The van der Waals surface area contributed by atoms with Gasteiger partial charge in [0.15, 0.2) is 0 Å². The molecule has 0 fully saturated rings. The van der Waals surface area contributed by atoms with Crippen molar-refractivity contribution in [2.45, 2.75) is 294 Å². The zero-order valence-electron chi connectivity index (χ0n) is 81.2. The van der Waals surface area contributed by atoms with Crippen LogP contribution < -0.4 is 33.2 Å². The van der Waals surface area contributed by atoms with E-state index < -0.39 is 0 Å². The second-order valence-electron chi connectivity index (χ2n) is 43.7. The summed E-state index contributed by atoms with van der Waals surface area (Å²) in [5.74, 6) is 6.18. The summed E-state index contributed by atoms with van der Waals surface area (Å²) in [6.07, 6.45) is 5.70. The lowest BCUT2D eigenvalue weighted by Crippen LogP contribution is -2.19. The Hall–Kier alpha value is -8.78. The predicted molar refractivity (Wildman–Crippen MR) is 513 cm³/mol. The first-order valence-electron chi connectivity index (χ1n) is 46.6. The Kier molecular flexibility index (Phi) is 30.1. The molecule has 12 heteroatoms. The third-order valence-corrected chi connectivity index (χ3v) is 24.7. The van der Waals surface area contributed by atoms with E-state index in [2.05, 4.69) is 301 Å². The maximum Gasteiger partial charge on any atom is 0.126 e. The highest BCUT2D eigenvalue weighted by molar-refractivity contribution is 5.63. The van der Waals surface area contributed by atoms with E-state index in [1.807, 2.05) is 6.07 Å². The SMILES string of the molecule is CCCOc1c2cc(C(C)(C)C)cc1Cc1cc(C(C)(C)C)cc3c1OCCOCCOCCOc1c4cc(C(C)(C)C)cc1Cc1cc(C(C)(C)C)cc(c1OCc1ccccc1)Cc1cc(C(C)(C)C)cc(c1O)Cc1cc(C(C)(C)C)cc(c1OCCOCCOCCOc1c(cc(C(C)(C)C)cc1Cc1cc(C(C)(C)C)cc(c1OCCC)C3)C2)C4. The summed E-state index contributed by atoms with van der Waals surface area (Å²) in [6.45, 7) is 64.8. The van der Waals surface area contributed by atoms with Crippen molar-refractivity contribution < 1.29 is 57.2 Å². The fraction of sp³-hybridized carbons (Fsp3) is 0.522. The Morgan fingerprint density at radius 1 is 0.240 bits per heavy atom. The molecule has 0 aromatic heterocycles. The first kappa shape index (κ1) is 95.3. The summed E-state index contributed by atoms with van der Waals surface area (Å²) in [5.41, 5.74) is 25.4. The standard InChI is InChI=1S/C113H150O12/c1-27-34-119-99-78-50-83-65-95(111(18,19)20)66-84-51-79-61-94(110(15,16)17)63-81(100(79)120-35-28-2)53-86-68-96(112(21,22)23)67-85(52-80(99)62-93(60-78)109(12,13)14)103(86)123-46-42-117-38-39-118-43-47-124-104-87-54-82-64-91(107(6,7)8)58-76(101(82)121-44-40-115-36-37-116-41-45-122-102(83)84)48-74-56-90(106(3,4)5)57-75(98(74)114)49-77-59-92(108(9,10)11)71-89(55-88(104)70-97(69-87)113(24,25)26)105(77)125-72-73-32-30-29-31-33-73/h29-33,56-71,114H,27-28,34-55,72H2,1-26H3. The molecular weight excluding hydrogens is 1550 g/mol. The van der Waals surface area contributed by atoms with Gasteiger partial charge >= 0.3 is 0 Å². The number of fused-ring (bicyclic) bond motifs is 22. The number of hydrogen-bond acceptors (Lipinski definition) is 12. The Labute approximate surface area is 751 Å². The fourth-order valence-corrected chi connectivity index (χ4v) is 17.1. The maximum atomic E-state index is 13.2. The average molecular weight is 1700 g/mol. The monoisotopic (exact) mass is 1700 g/mol. The minimum atomic E-state index is -0.271. The molecule has 2 aliphatic heterocycles. The summed E-state index contributed by atoms with van der Waals surface area (Å²) in [6, 6.07) is 48.2.